The molecule has 3 aromatic rings. The van der Waals surface area contributed by atoms with E-state index in [0.29, 0.717) is 15.4 Å². The smallest absolute Gasteiger partial charge is 0.412 e. The summed E-state index contributed by atoms with van der Waals surface area (Å²) in [5.41, 5.74) is 0.781. The number of carbonyl (C=O) groups excluding carboxylic acids is 2. The monoisotopic (exact) mass is 445 g/mol. The van der Waals surface area contributed by atoms with Gasteiger partial charge in [0.1, 0.15) is 27.9 Å². The zero-order chi connectivity index (χ0) is 22.5. The molecule has 31 heavy (non-hydrogen) atoms. The van der Waals surface area contributed by atoms with Crippen molar-refractivity contribution in [2.45, 2.75) is 46.4 Å². The van der Waals surface area contributed by atoms with Crippen LogP contribution in [0.2, 0.25) is 0 Å². The summed E-state index contributed by atoms with van der Waals surface area (Å²) in [5, 5.41) is 5.93. The van der Waals surface area contributed by atoms with E-state index in [-0.39, 0.29) is 24.0 Å². The summed E-state index contributed by atoms with van der Waals surface area (Å²) in [4.78, 5) is 41.2. The van der Waals surface area contributed by atoms with Gasteiger partial charge in [0.25, 0.3) is 0 Å². The molecule has 9 nitrogen and oxygen atoms in total. The van der Waals surface area contributed by atoms with Crippen LogP contribution < -0.4 is 16.3 Å². The fraction of sp³-hybridized carbons (Fsp3) is 0.333. The topological polar surface area (TPSA) is 120 Å². The number of aromatic nitrogens is 1. The van der Waals surface area contributed by atoms with Crippen LogP contribution in [-0.2, 0) is 16.1 Å². The van der Waals surface area contributed by atoms with Crippen LogP contribution in [0.25, 0.3) is 10.2 Å². The minimum Gasteiger partial charge on any atom is -0.447 e. The van der Waals surface area contributed by atoms with E-state index >= 15 is 0 Å². The van der Waals surface area contributed by atoms with Gasteiger partial charge in [0.15, 0.2) is 0 Å². The Labute approximate surface area is 182 Å². The fourth-order valence-corrected chi connectivity index (χ4v) is 3.79. The highest BCUT2D eigenvalue weighted by Gasteiger charge is 2.21. The van der Waals surface area contributed by atoms with Gasteiger partial charge in [-0.1, -0.05) is 41.7 Å². The molecule has 0 fully saturated rings. The summed E-state index contributed by atoms with van der Waals surface area (Å²) < 4.78 is 15.6. The average Bonchev–Trinajstić information content (AvgIpc) is 3.02. The molecule has 0 unspecified atom stereocenters. The third kappa shape index (κ3) is 5.60. The summed E-state index contributed by atoms with van der Waals surface area (Å²) in [7, 11) is 0. The highest BCUT2D eigenvalue weighted by molar-refractivity contribution is 7.22. The minimum absolute atomic E-state index is 0.0340. The van der Waals surface area contributed by atoms with Gasteiger partial charge in [-0.3, -0.25) is 5.32 Å². The normalized spacial score (nSPS) is 11.9. The van der Waals surface area contributed by atoms with Gasteiger partial charge in [0.05, 0.1) is 6.10 Å². The van der Waals surface area contributed by atoms with E-state index in [2.05, 4.69) is 15.6 Å². The van der Waals surface area contributed by atoms with E-state index in [9.17, 15) is 14.4 Å². The number of alkyl carbamates (subject to hydrolysis) is 1. The quantitative estimate of drug-likeness (QED) is 0.573. The first-order chi connectivity index (χ1) is 14.7. The Kier molecular flexibility index (Phi) is 6.91. The first-order valence-electron chi connectivity index (χ1n) is 9.63. The average molecular weight is 445 g/mol. The third-order valence-corrected chi connectivity index (χ3v) is 5.32. The Morgan fingerprint density at radius 2 is 1.87 bits per heavy atom. The molecule has 2 heterocycles. The van der Waals surface area contributed by atoms with Gasteiger partial charge in [-0.25, -0.2) is 19.4 Å². The van der Waals surface area contributed by atoms with Crippen molar-refractivity contribution in [1.29, 1.82) is 0 Å². The number of rotatable bonds is 6. The number of carbonyl (C=O) groups is 2. The first-order valence-corrected chi connectivity index (χ1v) is 10.4. The largest absolute Gasteiger partial charge is 0.447 e. The zero-order valence-electron chi connectivity index (χ0n) is 17.6. The maximum Gasteiger partial charge on any atom is 0.412 e. The van der Waals surface area contributed by atoms with E-state index in [0.717, 1.165) is 16.9 Å². The van der Waals surface area contributed by atoms with Crippen molar-refractivity contribution < 1.29 is 23.5 Å². The standard InChI is InChI=1S/C21H23N3O6S/c1-11(2)29-21(27)24-17-12(3)15-18(31-17)23-16(30-19(15)25)13(4)22-20(26)28-10-14-8-6-5-7-9-14/h5-9,11,13H,10H2,1-4H3,(H,22,26)(H,24,27)/t13-/m0/s1. The lowest BCUT2D eigenvalue weighted by molar-refractivity contribution is 0.130. The number of thiophene rings is 1. The van der Waals surface area contributed by atoms with E-state index in [1.807, 2.05) is 30.3 Å². The summed E-state index contributed by atoms with van der Waals surface area (Å²) >= 11 is 1.12. The van der Waals surface area contributed by atoms with Crippen LogP contribution >= 0.6 is 11.3 Å². The number of hydrogen-bond donors (Lipinski definition) is 2. The SMILES string of the molecule is Cc1c(NC(=O)OC(C)C)sc2nc([C@H](C)NC(=O)OCc3ccccc3)oc(=O)c12. The molecular formula is C21H23N3O6S. The van der Waals surface area contributed by atoms with Crippen molar-refractivity contribution in [3.63, 3.8) is 0 Å². The Morgan fingerprint density at radius 1 is 1.16 bits per heavy atom. The molecule has 0 bridgehead atoms. The van der Waals surface area contributed by atoms with Gasteiger partial charge in [-0.15, -0.1) is 0 Å². The molecule has 0 saturated heterocycles. The Morgan fingerprint density at radius 3 is 2.55 bits per heavy atom. The predicted molar refractivity (Wildman–Crippen MR) is 116 cm³/mol. The predicted octanol–water partition coefficient (Wildman–Crippen LogP) is 4.50. The number of anilines is 1. The molecule has 0 aliphatic heterocycles. The summed E-state index contributed by atoms with van der Waals surface area (Å²) in [6, 6.07) is 8.55. The van der Waals surface area contributed by atoms with Gasteiger partial charge < -0.3 is 19.2 Å². The fourth-order valence-electron chi connectivity index (χ4n) is 2.73. The number of fused-ring (bicyclic) bond motifs is 1. The number of nitrogens with one attached hydrogen (secondary N) is 2. The van der Waals surface area contributed by atoms with Gasteiger partial charge in [-0.2, -0.15) is 0 Å². The lowest BCUT2D eigenvalue weighted by atomic mass is 10.2. The second-order valence-electron chi connectivity index (χ2n) is 7.08. The molecule has 0 aliphatic carbocycles. The number of ether oxygens (including phenoxy) is 2. The number of amides is 2. The Hall–Kier alpha value is -3.40. The number of nitrogens with zero attached hydrogens (tertiary/aromatic N) is 1. The highest BCUT2D eigenvalue weighted by atomic mass is 32.1. The van der Waals surface area contributed by atoms with E-state index in [1.54, 1.807) is 27.7 Å². The molecule has 0 spiro atoms. The number of benzene rings is 1. The van der Waals surface area contributed by atoms with Crippen molar-refractivity contribution >= 4 is 38.7 Å². The van der Waals surface area contributed by atoms with Gasteiger partial charge in [0, 0.05) is 5.56 Å². The van der Waals surface area contributed by atoms with Gasteiger partial charge in [0.2, 0.25) is 5.89 Å². The molecule has 0 aliphatic rings. The molecule has 2 amide bonds. The van der Waals surface area contributed by atoms with E-state index in [1.165, 1.54) is 0 Å². The summed E-state index contributed by atoms with van der Waals surface area (Å²) in [6.45, 7) is 6.89. The van der Waals surface area contributed by atoms with Crippen molar-refractivity contribution in [2.75, 3.05) is 5.32 Å². The van der Waals surface area contributed by atoms with Gasteiger partial charge >= 0.3 is 17.8 Å². The van der Waals surface area contributed by atoms with Crippen LogP contribution in [0, 0.1) is 6.92 Å². The van der Waals surface area contributed by atoms with Gasteiger partial charge in [-0.05, 0) is 33.3 Å². The van der Waals surface area contributed by atoms with E-state index in [4.69, 9.17) is 13.9 Å². The van der Waals surface area contributed by atoms with Crippen LogP contribution in [0.15, 0.2) is 39.5 Å². The lowest BCUT2D eigenvalue weighted by Gasteiger charge is -2.12. The molecule has 2 N–H and O–H groups in total. The molecule has 10 heteroatoms. The zero-order valence-corrected chi connectivity index (χ0v) is 18.4. The molecule has 1 atom stereocenters. The molecule has 1 aromatic carbocycles. The lowest BCUT2D eigenvalue weighted by Crippen LogP contribution is -2.28. The first kappa shape index (κ1) is 22.3. The minimum atomic E-state index is -0.704. The third-order valence-electron chi connectivity index (χ3n) is 4.22. The maximum absolute atomic E-state index is 12.5. The maximum atomic E-state index is 12.5. The van der Waals surface area contributed by atoms with Crippen molar-refractivity contribution in [2.24, 2.45) is 0 Å². The van der Waals surface area contributed by atoms with E-state index < -0.39 is 23.9 Å². The van der Waals surface area contributed by atoms with Crippen LogP contribution in [-0.4, -0.2) is 23.3 Å². The summed E-state index contributed by atoms with van der Waals surface area (Å²) in [5.74, 6) is 0.0340. The number of hydrogen-bond acceptors (Lipinski definition) is 8. The molecule has 0 radical (unpaired) electrons. The molecule has 0 saturated carbocycles. The molecular weight excluding hydrogens is 422 g/mol. The molecule has 2 aromatic heterocycles. The van der Waals surface area contributed by atoms with Crippen LogP contribution in [0.5, 0.6) is 0 Å². The second-order valence-corrected chi connectivity index (χ2v) is 8.08. The van der Waals surface area contributed by atoms with Crippen molar-refractivity contribution in [1.82, 2.24) is 10.3 Å². The number of aryl methyl sites for hydroxylation is 1. The van der Waals surface area contributed by atoms with Crippen molar-refractivity contribution in [3.05, 3.63) is 57.8 Å². The Bertz CT molecular complexity index is 1140. The second kappa shape index (κ2) is 9.61. The van der Waals surface area contributed by atoms with Crippen LogP contribution in [0.1, 0.15) is 43.8 Å². The molecule has 164 valence electrons. The summed E-state index contributed by atoms with van der Waals surface area (Å²) in [6.07, 6.45) is -1.56. The highest BCUT2D eigenvalue weighted by Crippen LogP contribution is 2.32. The van der Waals surface area contributed by atoms with Crippen LogP contribution in [0.3, 0.4) is 0 Å². The Balaban J connectivity index is 1.72. The van der Waals surface area contributed by atoms with Crippen LogP contribution in [0.4, 0.5) is 14.6 Å². The van der Waals surface area contributed by atoms with Crippen molar-refractivity contribution in [3.8, 4) is 0 Å². The molecule has 3 rings (SSSR count).